The van der Waals surface area contributed by atoms with Gasteiger partial charge in [-0.3, -0.25) is 10.1 Å². The first-order valence-corrected chi connectivity index (χ1v) is 7.53. The lowest BCUT2D eigenvalue weighted by Crippen LogP contribution is -2.42. The molecule has 0 saturated heterocycles. The molecule has 122 valence electrons. The largest absolute Gasteiger partial charge is 0.373 e. The molecule has 0 spiro atoms. The average molecular weight is 315 g/mol. The molecule has 2 aromatic rings. The molecule has 0 bridgehead atoms. The monoisotopic (exact) mass is 315 g/mol. The number of nitrogens with zero attached hydrogens (tertiary/aromatic N) is 2. The molecule has 7 heteroatoms. The lowest BCUT2D eigenvalue weighted by atomic mass is 10.3. The Bertz CT molecular complexity index is 666. The number of carbonyl (C=O) groups is 2. The van der Waals surface area contributed by atoms with Gasteiger partial charge in [-0.2, -0.15) is 5.10 Å². The SMILES string of the molecule is CCCNC(=O)NC(=O)CNc1cnn(-c2ccccc2)c1C. The fourth-order valence-corrected chi connectivity index (χ4v) is 2.04. The molecule has 0 atom stereocenters. The van der Waals surface area contributed by atoms with Gasteiger partial charge >= 0.3 is 6.03 Å². The molecule has 0 unspecified atom stereocenters. The number of nitrogens with one attached hydrogen (secondary N) is 3. The van der Waals surface area contributed by atoms with Crippen LogP contribution in [0.1, 0.15) is 19.0 Å². The van der Waals surface area contributed by atoms with Gasteiger partial charge in [0.05, 0.1) is 29.8 Å². The molecular weight excluding hydrogens is 294 g/mol. The molecule has 0 aliphatic carbocycles. The number of benzene rings is 1. The summed E-state index contributed by atoms with van der Waals surface area (Å²) in [6.45, 7) is 4.39. The Morgan fingerprint density at radius 2 is 1.96 bits per heavy atom. The van der Waals surface area contributed by atoms with E-state index in [0.29, 0.717) is 6.54 Å². The minimum atomic E-state index is -0.477. The number of anilines is 1. The van der Waals surface area contributed by atoms with E-state index in [2.05, 4.69) is 21.0 Å². The molecule has 1 heterocycles. The van der Waals surface area contributed by atoms with E-state index in [1.165, 1.54) is 0 Å². The number of hydrogen-bond acceptors (Lipinski definition) is 4. The van der Waals surface area contributed by atoms with Crippen molar-refractivity contribution in [2.45, 2.75) is 20.3 Å². The van der Waals surface area contributed by atoms with E-state index in [1.807, 2.05) is 44.2 Å². The van der Waals surface area contributed by atoms with E-state index in [0.717, 1.165) is 23.5 Å². The Hall–Kier alpha value is -2.83. The van der Waals surface area contributed by atoms with Crippen molar-refractivity contribution in [1.29, 1.82) is 0 Å². The lowest BCUT2D eigenvalue weighted by Gasteiger charge is -2.08. The van der Waals surface area contributed by atoms with E-state index < -0.39 is 11.9 Å². The van der Waals surface area contributed by atoms with Crippen molar-refractivity contribution >= 4 is 17.6 Å². The van der Waals surface area contributed by atoms with E-state index in [-0.39, 0.29) is 6.54 Å². The highest BCUT2D eigenvalue weighted by Crippen LogP contribution is 2.17. The second kappa shape index (κ2) is 7.98. The van der Waals surface area contributed by atoms with E-state index in [9.17, 15) is 9.59 Å². The minimum Gasteiger partial charge on any atom is -0.373 e. The van der Waals surface area contributed by atoms with Crippen LogP contribution < -0.4 is 16.0 Å². The predicted octanol–water partition coefficient (Wildman–Crippen LogP) is 1.83. The summed E-state index contributed by atoms with van der Waals surface area (Å²) in [5.74, 6) is -0.398. The maximum Gasteiger partial charge on any atom is 0.321 e. The van der Waals surface area contributed by atoms with Crippen molar-refractivity contribution in [3.63, 3.8) is 0 Å². The average Bonchev–Trinajstić information content (AvgIpc) is 2.92. The van der Waals surface area contributed by atoms with Gasteiger partial charge in [-0.25, -0.2) is 9.48 Å². The summed E-state index contributed by atoms with van der Waals surface area (Å²) in [7, 11) is 0. The van der Waals surface area contributed by atoms with Crippen molar-refractivity contribution in [1.82, 2.24) is 20.4 Å². The highest BCUT2D eigenvalue weighted by Gasteiger charge is 2.10. The lowest BCUT2D eigenvalue weighted by molar-refractivity contribution is -0.118. The summed E-state index contributed by atoms with van der Waals surface area (Å²) in [5, 5.41) is 12.1. The topological polar surface area (TPSA) is 88.1 Å². The summed E-state index contributed by atoms with van der Waals surface area (Å²) in [6.07, 6.45) is 2.48. The van der Waals surface area contributed by atoms with Gasteiger partial charge in [0.2, 0.25) is 5.91 Å². The summed E-state index contributed by atoms with van der Waals surface area (Å²) in [4.78, 5) is 23.1. The number of imide groups is 1. The van der Waals surface area contributed by atoms with Crippen molar-refractivity contribution < 1.29 is 9.59 Å². The van der Waals surface area contributed by atoms with Gasteiger partial charge in [-0.1, -0.05) is 25.1 Å². The number of para-hydroxylation sites is 1. The highest BCUT2D eigenvalue weighted by molar-refractivity contribution is 5.96. The zero-order chi connectivity index (χ0) is 16.7. The first kappa shape index (κ1) is 16.5. The maximum atomic E-state index is 11.7. The number of hydrogen-bond donors (Lipinski definition) is 3. The molecule has 1 aromatic heterocycles. The van der Waals surface area contributed by atoms with Crippen LogP contribution in [0.15, 0.2) is 36.5 Å². The third-order valence-electron chi connectivity index (χ3n) is 3.24. The van der Waals surface area contributed by atoms with Crippen LogP contribution in [0.4, 0.5) is 10.5 Å². The molecule has 0 radical (unpaired) electrons. The number of aromatic nitrogens is 2. The standard InChI is InChI=1S/C16H21N5O2/c1-3-9-17-16(23)20-15(22)11-18-14-10-19-21(12(14)2)13-7-5-4-6-8-13/h4-8,10,18H,3,9,11H2,1-2H3,(H2,17,20,22,23). The minimum absolute atomic E-state index is 0.000861. The van der Waals surface area contributed by atoms with Crippen molar-refractivity contribution in [3.8, 4) is 5.69 Å². The molecule has 0 saturated carbocycles. The Labute approximate surface area is 135 Å². The van der Waals surface area contributed by atoms with E-state index >= 15 is 0 Å². The number of amides is 3. The quantitative estimate of drug-likeness (QED) is 0.759. The maximum absolute atomic E-state index is 11.7. The summed E-state index contributed by atoms with van der Waals surface area (Å²) in [5.41, 5.74) is 2.58. The van der Waals surface area contributed by atoms with Gasteiger partial charge in [0.1, 0.15) is 0 Å². The fourth-order valence-electron chi connectivity index (χ4n) is 2.04. The number of rotatable bonds is 6. The second-order valence-corrected chi connectivity index (χ2v) is 5.05. The zero-order valence-electron chi connectivity index (χ0n) is 13.3. The Morgan fingerprint density at radius 3 is 2.65 bits per heavy atom. The smallest absolute Gasteiger partial charge is 0.321 e. The normalized spacial score (nSPS) is 10.2. The van der Waals surface area contributed by atoms with Crippen molar-refractivity contribution in [2.75, 3.05) is 18.4 Å². The highest BCUT2D eigenvalue weighted by atomic mass is 16.2. The van der Waals surface area contributed by atoms with Crippen LogP contribution in [0.2, 0.25) is 0 Å². The van der Waals surface area contributed by atoms with Gasteiger partial charge in [0, 0.05) is 6.54 Å². The summed E-state index contributed by atoms with van der Waals surface area (Å²) in [6, 6.07) is 9.24. The molecular formula is C16H21N5O2. The fraction of sp³-hybridized carbons (Fsp3) is 0.312. The Morgan fingerprint density at radius 1 is 1.22 bits per heavy atom. The van der Waals surface area contributed by atoms with Gasteiger partial charge in [-0.05, 0) is 25.5 Å². The first-order chi connectivity index (χ1) is 11.1. The predicted molar refractivity (Wildman–Crippen MR) is 88.6 cm³/mol. The Balaban J connectivity index is 1.91. The first-order valence-electron chi connectivity index (χ1n) is 7.53. The van der Waals surface area contributed by atoms with Crippen molar-refractivity contribution in [2.24, 2.45) is 0 Å². The number of urea groups is 1. The molecule has 2 rings (SSSR count). The number of carbonyl (C=O) groups excluding carboxylic acids is 2. The third-order valence-corrected chi connectivity index (χ3v) is 3.24. The molecule has 23 heavy (non-hydrogen) atoms. The van der Waals surface area contributed by atoms with Gasteiger partial charge < -0.3 is 10.6 Å². The second-order valence-electron chi connectivity index (χ2n) is 5.05. The summed E-state index contributed by atoms with van der Waals surface area (Å²) >= 11 is 0. The van der Waals surface area contributed by atoms with Crippen LogP contribution in [-0.2, 0) is 4.79 Å². The van der Waals surface area contributed by atoms with Crippen LogP contribution in [0.5, 0.6) is 0 Å². The van der Waals surface area contributed by atoms with Gasteiger partial charge in [0.15, 0.2) is 0 Å². The van der Waals surface area contributed by atoms with Gasteiger partial charge in [0.25, 0.3) is 0 Å². The van der Waals surface area contributed by atoms with Crippen LogP contribution in [-0.4, -0.2) is 34.8 Å². The molecule has 0 aliphatic rings. The molecule has 3 N–H and O–H groups in total. The van der Waals surface area contributed by atoms with Crippen LogP contribution in [0.3, 0.4) is 0 Å². The molecule has 1 aromatic carbocycles. The molecule has 3 amide bonds. The molecule has 0 fully saturated rings. The van der Waals surface area contributed by atoms with Crippen molar-refractivity contribution in [3.05, 3.63) is 42.2 Å². The Kier molecular flexibility index (Phi) is 5.74. The third kappa shape index (κ3) is 4.57. The van der Waals surface area contributed by atoms with Crippen LogP contribution in [0.25, 0.3) is 5.69 Å². The van der Waals surface area contributed by atoms with Crippen LogP contribution in [0, 0.1) is 6.92 Å². The van der Waals surface area contributed by atoms with E-state index in [1.54, 1.807) is 10.9 Å². The summed E-state index contributed by atoms with van der Waals surface area (Å²) < 4.78 is 1.79. The zero-order valence-corrected chi connectivity index (χ0v) is 13.3. The van der Waals surface area contributed by atoms with E-state index in [4.69, 9.17) is 0 Å². The van der Waals surface area contributed by atoms with Gasteiger partial charge in [-0.15, -0.1) is 0 Å². The molecule has 0 aliphatic heterocycles. The molecule has 7 nitrogen and oxygen atoms in total. The van der Waals surface area contributed by atoms with Crippen LogP contribution >= 0.6 is 0 Å².